The monoisotopic (exact) mass is 561 g/mol. The van der Waals surface area contributed by atoms with Crippen molar-refractivity contribution in [2.75, 3.05) is 37.8 Å². The quantitative estimate of drug-likeness (QED) is 0.225. The van der Waals surface area contributed by atoms with Crippen molar-refractivity contribution in [3.63, 3.8) is 0 Å². The number of esters is 1. The summed E-state index contributed by atoms with van der Waals surface area (Å²) in [5.74, 6) is -0.467. The highest BCUT2D eigenvalue weighted by molar-refractivity contribution is 7.87. The van der Waals surface area contributed by atoms with Crippen LogP contribution in [0.25, 0.3) is 0 Å². The van der Waals surface area contributed by atoms with Gasteiger partial charge in [0.05, 0.1) is 35.2 Å². The Hall–Kier alpha value is -3.25. The summed E-state index contributed by atoms with van der Waals surface area (Å²) in [4.78, 5) is 13.8. The van der Waals surface area contributed by atoms with Crippen molar-refractivity contribution in [1.29, 1.82) is 0 Å². The van der Waals surface area contributed by atoms with Gasteiger partial charge in [0.25, 0.3) is 20.2 Å². The summed E-state index contributed by atoms with van der Waals surface area (Å²) in [5, 5.41) is 0. The van der Waals surface area contributed by atoms with Gasteiger partial charge < -0.3 is 9.64 Å². The highest BCUT2D eigenvalue weighted by Gasteiger charge is 2.19. The molecule has 9 nitrogen and oxygen atoms in total. The Morgan fingerprint density at radius 2 is 1.11 bits per heavy atom. The first-order chi connectivity index (χ1) is 18.0. The number of carbonyl (C=O) groups is 1. The third-order valence-corrected chi connectivity index (χ3v) is 8.22. The molecule has 0 heterocycles. The van der Waals surface area contributed by atoms with Crippen molar-refractivity contribution in [2.45, 2.75) is 30.6 Å². The molecule has 0 unspecified atom stereocenters. The third-order valence-electron chi connectivity index (χ3n) is 5.56. The van der Waals surface area contributed by atoms with Gasteiger partial charge in [-0.25, -0.2) is 4.79 Å². The minimum absolute atomic E-state index is 0.0426. The van der Waals surface area contributed by atoms with E-state index in [0.717, 1.165) is 11.1 Å². The van der Waals surface area contributed by atoms with Crippen LogP contribution in [0.1, 0.15) is 28.4 Å². The number of benzene rings is 3. The molecule has 0 amide bonds. The average Bonchev–Trinajstić information content (AvgIpc) is 2.88. The molecule has 3 aromatic rings. The molecular formula is C27H31NO8S2. The summed E-state index contributed by atoms with van der Waals surface area (Å²) in [6.07, 6.45) is 0. The normalized spacial score (nSPS) is 11.8. The van der Waals surface area contributed by atoms with Gasteiger partial charge in [-0.05, 0) is 69.3 Å². The fourth-order valence-corrected chi connectivity index (χ4v) is 5.25. The Bertz CT molecular complexity index is 1340. The van der Waals surface area contributed by atoms with E-state index >= 15 is 0 Å². The highest BCUT2D eigenvalue weighted by Crippen LogP contribution is 2.19. The van der Waals surface area contributed by atoms with Gasteiger partial charge in [-0.2, -0.15) is 16.8 Å². The second-order valence-electron chi connectivity index (χ2n) is 8.43. The number of aryl methyl sites for hydroxylation is 2. The molecule has 0 bridgehead atoms. The van der Waals surface area contributed by atoms with E-state index in [9.17, 15) is 21.6 Å². The van der Waals surface area contributed by atoms with Gasteiger partial charge in [-0.15, -0.1) is 0 Å². The van der Waals surface area contributed by atoms with E-state index in [1.54, 1.807) is 60.4 Å². The third kappa shape index (κ3) is 8.12. The maximum absolute atomic E-state index is 12.6. The fraction of sp³-hybridized carbons (Fsp3) is 0.296. The topological polar surface area (TPSA) is 116 Å². The smallest absolute Gasteiger partial charge is 0.338 e. The molecule has 0 fully saturated rings. The van der Waals surface area contributed by atoms with E-state index in [-0.39, 0.29) is 42.7 Å². The highest BCUT2D eigenvalue weighted by atomic mass is 32.2. The first-order valence-electron chi connectivity index (χ1n) is 12.0. The van der Waals surface area contributed by atoms with Gasteiger partial charge in [-0.1, -0.05) is 35.4 Å². The summed E-state index contributed by atoms with van der Waals surface area (Å²) in [6.45, 7) is 5.49. The van der Waals surface area contributed by atoms with Crippen LogP contribution >= 0.6 is 0 Å². The SMILES string of the molecule is CCOC(=O)c1ccc(N(CCOS(=O)(=O)c2ccc(C)cc2)CCOS(=O)(=O)c2ccc(C)cc2)cc1. The van der Waals surface area contributed by atoms with Crippen LogP contribution in [0.4, 0.5) is 5.69 Å². The largest absolute Gasteiger partial charge is 0.462 e. The van der Waals surface area contributed by atoms with Crippen LogP contribution in [0.15, 0.2) is 82.6 Å². The Balaban J connectivity index is 1.71. The van der Waals surface area contributed by atoms with E-state index in [1.165, 1.54) is 24.3 Å². The molecule has 3 aromatic carbocycles. The number of nitrogens with zero attached hydrogens (tertiary/aromatic N) is 1. The zero-order valence-electron chi connectivity index (χ0n) is 21.5. The molecule has 0 aliphatic heterocycles. The maximum atomic E-state index is 12.6. The van der Waals surface area contributed by atoms with Gasteiger partial charge >= 0.3 is 5.97 Å². The lowest BCUT2D eigenvalue weighted by Crippen LogP contribution is -2.32. The van der Waals surface area contributed by atoms with E-state index < -0.39 is 26.2 Å². The number of hydrogen-bond donors (Lipinski definition) is 0. The predicted octanol–water partition coefficient (Wildman–Crippen LogP) is 4.10. The van der Waals surface area contributed by atoms with E-state index in [4.69, 9.17) is 13.1 Å². The Morgan fingerprint density at radius 3 is 1.50 bits per heavy atom. The van der Waals surface area contributed by atoms with Crippen LogP contribution in [-0.2, 0) is 33.3 Å². The van der Waals surface area contributed by atoms with Crippen molar-refractivity contribution in [2.24, 2.45) is 0 Å². The van der Waals surface area contributed by atoms with Crippen LogP contribution in [0, 0.1) is 13.8 Å². The number of hydrogen-bond acceptors (Lipinski definition) is 9. The predicted molar refractivity (Wildman–Crippen MR) is 143 cm³/mol. The molecule has 0 N–H and O–H groups in total. The summed E-state index contributed by atoms with van der Waals surface area (Å²) in [7, 11) is -7.95. The lowest BCUT2D eigenvalue weighted by Gasteiger charge is -2.24. The summed E-state index contributed by atoms with van der Waals surface area (Å²) >= 11 is 0. The van der Waals surface area contributed by atoms with Gasteiger partial charge in [0.1, 0.15) is 0 Å². The van der Waals surface area contributed by atoms with Crippen LogP contribution in [0.5, 0.6) is 0 Å². The molecule has 38 heavy (non-hydrogen) atoms. The summed E-state index contributed by atoms with van der Waals surface area (Å²) in [6, 6.07) is 19.1. The molecule has 0 saturated heterocycles. The molecule has 0 saturated carbocycles. The Labute approximate surface area is 224 Å². The second kappa shape index (κ2) is 13.0. The summed E-state index contributed by atoms with van der Waals surface area (Å²) in [5.41, 5.74) is 2.81. The maximum Gasteiger partial charge on any atom is 0.338 e. The van der Waals surface area contributed by atoms with Gasteiger partial charge in [0.2, 0.25) is 0 Å². The van der Waals surface area contributed by atoms with Crippen LogP contribution in [-0.4, -0.2) is 55.7 Å². The van der Waals surface area contributed by atoms with Crippen molar-refractivity contribution < 1.29 is 34.7 Å². The van der Waals surface area contributed by atoms with E-state index in [2.05, 4.69) is 0 Å². The minimum atomic E-state index is -3.98. The number of carbonyl (C=O) groups excluding carboxylic acids is 1. The van der Waals surface area contributed by atoms with Gasteiger partial charge in [0, 0.05) is 18.8 Å². The molecule has 0 spiro atoms. The van der Waals surface area contributed by atoms with Crippen LogP contribution < -0.4 is 4.90 Å². The van der Waals surface area contributed by atoms with Crippen molar-refractivity contribution in [3.05, 3.63) is 89.5 Å². The molecule has 0 aliphatic carbocycles. The molecule has 0 aliphatic rings. The van der Waals surface area contributed by atoms with E-state index in [1.807, 2.05) is 13.8 Å². The van der Waals surface area contributed by atoms with Crippen molar-refractivity contribution in [3.8, 4) is 0 Å². The minimum Gasteiger partial charge on any atom is -0.462 e. The fourth-order valence-electron chi connectivity index (χ4n) is 3.45. The Kier molecular flexibility index (Phi) is 10.0. The van der Waals surface area contributed by atoms with Crippen LogP contribution in [0.2, 0.25) is 0 Å². The lowest BCUT2D eigenvalue weighted by molar-refractivity contribution is 0.0526. The van der Waals surface area contributed by atoms with Gasteiger partial charge in [-0.3, -0.25) is 8.37 Å². The second-order valence-corrected chi connectivity index (χ2v) is 11.7. The molecule has 204 valence electrons. The zero-order valence-corrected chi connectivity index (χ0v) is 23.1. The lowest BCUT2D eigenvalue weighted by atomic mass is 10.2. The van der Waals surface area contributed by atoms with Crippen molar-refractivity contribution >= 4 is 31.9 Å². The average molecular weight is 562 g/mol. The van der Waals surface area contributed by atoms with Crippen LogP contribution in [0.3, 0.4) is 0 Å². The molecule has 0 aromatic heterocycles. The number of ether oxygens (including phenoxy) is 1. The molecule has 3 rings (SSSR count). The molecule has 0 radical (unpaired) electrons. The Morgan fingerprint density at radius 1 is 0.684 bits per heavy atom. The molecule has 11 heteroatoms. The zero-order chi connectivity index (χ0) is 27.8. The first kappa shape index (κ1) is 29.3. The van der Waals surface area contributed by atoms with E-state index in [0.29, 0.717) is 11.3 Å². The first-order valence-corrected chi connectivity index (χ1v) is 14.8. The summed E-state index contributed by atoms with van der Waals surface area (Å²) < 4.78 is 65.7. The number of rotatable bonds is 13. The standard InChI is InChI=1S/C27H31NO8S2/c1-4-34-27(29)23-9-11-24(12-10-23)28(17-19-35-37(30,31)25-13-5-21(2)6-14-25)18-20-36-38(32,33)26-15-7-22(3)8-16-26/h5-16H,4,17-20H2,1-3H3. The molecular weight excluding hydrogens is 530 g/mol. The number of anilines is 1. The molecule has 0 atom stereocenters. The van der Waals surface area contributed by atoms with Gasteiger partial charge in [0.15, 0.2) is 0 Å². The van der Waals surface area contributed by atoms with Crippen molar-refractivity contribution in [1.82, 2.24) is 0 Å².